The Kier molecular flexibility index (Phi) is 7.26. The molecule has 0 aliphatic rings. The number of aromatic nitrogens is 4. The first-order valence-corrected chi connectivity index (χ1v) is 13.3. The average Bonchev–Trinajstić information content (AvgIpc) is 3.38. The molecule has 0 radical (unpaired) electrons. The number of rotatable bonds is 8. The Balaban J connectivity index is 1.44. The summed E-state index contributed by atoms with van der Waals surface area (Å²) in [4.78, 5) is 34.8. The molecule has 1 aromatic carbocycles. The van der Waals surface area contributed by atoms with E-state index in [4.69, 9.17) is 0 Å². The number of anilines is 1. The minimum Gasteiger partial charge on any atom is -0.320 e. The van der Waals surface area contributed by atoms with Crippen LogP contribution < -0.4 is 10.9 Å². The molecule has 1 amide bonds. The highest BCUT2D eigenvalue weighted by Crippen LogP contribution is 2.31. The summed E-state index contributed by atoms with van der Waals surface area (Å²) >= 11 is 4.19. The summed E-state index contributed by atoms with van der Waals surface area (Å²) in [6.07, 6.45) is 1.96. The smallest absolute Gasteiger partial charge is 0.286 e. The van der Waals surface area contributed by atoms with Crippen LogP contribution >= 0.6 is 34.4 Å². The van der Waals surface area contributed by atoms with Crippen molar-refractivity contribution in [3.8, 4) is 0 Å². The van der Waals surface area contributed by atoms with Crippen molar-refractivity contribution >= 4 is 56.2 Å². The molecular formula is C23H25N5O2S3. The number of nitrogens with one attached hydrogen (secondary N) is 2. The zero-order chi connectivity index (χ0) is 23.5. The van der Waals surface area contributed by atoms with Gasteiger partial charge in [-0.15, -0.1) is 21.5 Å². The van der Waals surface area contributed by atoms with Crippen LogP contribution in [-0.2, 0) is 12.2 Å². The van der Waals surface area contributed by atoms with Crippen molar-refractivity contribution in [1.29, 1.82) is 0 Å². The van der Waals surface area contributed by atoms with Gasteiger partial charge in [0, 0.05) is 10.6 Å². The molecule has 0 spiro atoms. The lowest BCUT2D eigenvalue weighted by atomic mass is 9.98. The Morgan fingerprint density at radius 1 is 1.18 bits per heavy atom. The Labute approximate surface area is 204 Å². The minimum atomic E-state index is -0.288. The Morgan fingerprint density at radius 3 is 2.67 bits per heavy atom. The molecule has 0 saturated heterocycles. The van der Waals surface area contributed by atoms with Crippen LogP contribution in [0.3, 0.4) is 0 Å². The Morgan fingerprint density at radius 2 is 1.94 bits per heavy atom. The van der Waals surface area contributed by atoms with Gasteiger partial charge in [-0.05, 0) is 43.9 Å². The van der Waals surface area contributed by atoms with Gasteiger partial charge in [0.1, 0.15) is 9.84 Å². The highest BCUT2D eigenvalue weighted by atomic mass is 32.2. The van der Waals surface area contributed by atoms with E-state index in [2.05, 4.69) is 46.3 Å². The Hall–Kier alpha value is -2.56. The lowest BCUT2D eigenvalue weighted by Crippen LogP contribution is -2.11. The van der Waals surface area contributed by atoms with E-state index >= 15 is 0 Å². The number of amides is 1. The number of hydrogen-bond acceptors (Lipinski definition) is 8. The number of carbonyl (C=O) groups is 1. The molecule has 1 atom stereocenters. The van der Waals surface area contributed by atoms with E-state index in [9.17, 15) is 9.59 Å². The molecule has 0 fully saturated rings. The quantitative estimate of drug-likeness (QED) is 0.242. The van der Waals surface area contributed by atoms with Crippen molar-refractivity contribution in [2.45, 2.75) is 51.4 Å². The summed E-state index contributed by atoms with van der Waals surface area (Å²) in [6, 6.07) is 7.57. The van der Waals surface area contributed by atoms with Gasteiger partial charge in [0.25, 0.3) is 11.5 Å². The highest BCUT2D eigenvalue weighted by Gasteiger charge is 2.18. The number of aryl methyl sites for hydroxylation is 2. The van der Waals surface area contributed by atoms with Crippen LogP contribution in [0.15, 0.2) is 34.2 Å². The fourth-order valence-corrected chi connectivity index (χ4v) is 6.01. The number of fused-ring (bicyclic) bond motifs is 1. The third-order valence-corrected chi connectivity index (χ3v) is 8.42. The lowest BCUT2D eigenvalue weighted by molar-refractivity contribution is 0.102. The summed E-state index contributed by atoms with van der Waals surface area (Å²) < 4.78 is 0. The number of nitrogens with zero attached hydrogens (tertiary/aromatic N) is 3. The number of benzene rings is 1. The van der Waals surface area contributed by atoms with Crippen LogP contribution in [0, 0.1) is 19.8 Å². The van der Waals surface area contributed by atoms with E-state index in [0.717, 1.165) is 33.7 Å². The summed E-state index contributed by atoms with van der Waals surface area (Å²) in [5.74, 6) is 0.696. The predicted molar refractivity (Wildman–Crippen MR) is 137 cm³/mol. The minimum absolute atomic E-state index is 0.0967. The second kappa shape index (κ2) is 10.1. The average molecular weight is 500 g/mol. The number of thiophene rings is 1. The van der Waals surface area contributed by atoms with Gasteiger partial charge in [0.15, 0.2) is 5.16 Å². The number of thioether (sulfide) groups is 1. The predicted octanol–water partition coefficient (Wildman–Crippen LogP) is 5.59. The summed E-state index contributed by atoms with van der Waals surface area (Å²) in [6.45, 7) is 8.41. The first-order chi connectivity index (χ1) is 15.8. The van der Waals surface area contributed by atoms with E-state index < -0.39 is 0 Å². The van der Waals surface area contributed by atoms with Gasteiger partial charge in [-0.3, -0.25) is 9.59 Å². The van der Waals surface area contributed by atoms with Gasteiger partial charge in [-0.25, -0.2) is 4.98 Å². The molecule has 0 saturated carbocycles. The zero-order valence-corrected chi connectivity index (χ0v) is 21.3. The maximum absolute atomic E-state index is 12.8. The Bertz CT molecular complexity index is 1340. The molecule has 172 valence electrons. The standard InChI is InChI=1S/C23H25N5O2S3/c1-5-12(2)10-16-14(4)32-21-18(16)19(29)25-23(26-21)31-11-17-27-28-22(33-17)20(30)24-15-8-6-13(3)7-9-15/h6-9,12H,5,10-11H2,1-4H3,(H,24,30)(H,25,26,29). The van der Waals surface area contributed by atoms with Crippen molar-refractivity contribution in [2.75, 3.05) is 5.32 Å². The molecule has 7 nitrogen and oxygen atoms in total. The number of H-pyrrole nitrogens is 1. The third kappa shape index (κ3) is 5.51. The van der Waals surface area contributed by atoms with Crippen molar-refractivity contribution in [1.82, 2.24) is 20.2 Å². The van der Waals surface area contributed by atoms with Crippen molar-refractivity contribution < 1.29 is 4.79 Å². The number of hydrogen-bond donors (Lipinski definition) is 2. The van der Waals surface area contributed by atoms with Crippen molar-refractivity contribution in [3.05, 3.63) is 60.6 Å². The third-order valence-electron chi connectivity index (χ3n) is 5.39. The number of carbonyl (C=O) groups excluding carboxylic acids is 1. The molecule has 0 bridgehead atoms. The van der Waals surface area contributed by atoms with Gasteiger partial charge < -0.3 is 10.3 Å². The van der Waals surface area contributed by atoms with Gasteiger partial charge in [-0.1, -0.05) is 61.1 Å². The molecule has 3 heterocycles. The van der Waals surface area contributed by atoms with E-state index in [1.807, 2.05) is 31.2 Å². The zero-order valence-electron chi connectivity index (χ0n) is 18.9. The highest BCUT2D eigenvalue weighted by molar-refractivity contribution is 7.98. The summed E-state index contributed by atoms with van der Waals surface area (Å²) in [5.41, 5.74) is 2.85. The second-order valence-corrected chi connectivity index (χ2v) is 11.2. The first-order valence-electron chi connectivity index (χ1n) is 10.7. The van der Waals surface area contributed by atoms with E-state index in [1.54, 1.807) is 11.3 Å². The van der Waals surface area contributed by atoms with Crippen LogP contribution in [-0.4, -0.2) is 26.1 Å². The van der Waals surface area contributed by atoms with Crippen LogP contribution in [0.2, 0.25) is 0 Å². The molecule has 1 unspecified atom stereocenters. The maximum atomic E-state index is 12.8. The summed E-state index contributed by atoms with van der Waals surface area (Å²) in [7, 11) is 0. The molecular weight excluding hydrogens is 474 g/mol. The molecule has 0 aliphatic carbocycles. The normalized spacial score (nSPS) is 12.2. The molecule has 3 aromatic heterocycles. The largest absolute Gasteiger partial charge is 0.320 e. The lowest BCUT2D eigenvalue weighted by Gasteiger charge is -2.08. The molecule has 33 heavy (non-hydrogen) atoms. The molecule has 2 N–H and O–H groups in total. The monoisotopic (exact) mass is 499 g/mol. The number of aromatic amines is 1. The van der Waals surface area contributed by atoms with Crippen LogP contribution in [0.25, 0.3) is 10.2 Å². The van der Waals surface area contributed by atoms with Crippen molar-refractivity contribution in [2.24, 2.45) is 5.92 Å². The maximum Gasteiger partial charge on any atom is 0.286 e. The van der Waals surface area contributed by atoms with Gasteiger partial charge in [-0.2, -0.15) is 0 Å². The molecule has 4 rings (SSSR count). The van der Waals surface area contributed by atoms with Crippen LogP contribution in [0.4, 0.5) is 5.69 Å². The second-order valence-electron chi connectivity index (χ2n) is 8.02. The van der Waals surface area contributed by atoms with E-state index in [1.165, 1.54) is 23.1 Å². The van der Waals surface area contributed by atoms with Crippen LogP contribution in [0.1, 0.15) is 51.1 Å². The SMILES string of the molecule is CCC(C)Cc1c(C)sc2nc(SCc3nnc(C(=O)Nc4ccc(C)cc4)s3)[nH]c(=O)c12. The van der Waals surface area contributed by atoms with Gasteiger partial charge in [0.2, 0.25) is 5.01 Å². The fourth-order valence-electron chi connectivity index (χ4n) is 3.32. The topological polar surface area (TPSA) is 101 Å². The molecule has 0 aliphatic heterocycles. The summed E-state index contributed by atoms with van der Waals surface area (Å²) in [5, 5.41) is 13.2. The fraction of sp³-hybridized carbons (Fsp3) is 0.348. The van der Waals surface area contributed by atoms with E-state index in [0.29, 0.717) is 37.9 Å². The van der Waals surface area contributed by atoms with Crippen LogP contribution in [0.5, 0.6) is 0 Å². The molecule has 10 heteroatoms. The van der Waals surface area contributed by atoms with E-state index in [-0.39, 0.29) is 11.5 Å². The molecule has 4 aromatic rings. The van der Waals surface area contributed by atoms with Gasteiger partial charge in [0.05, 0.1) is 11.1 Å². The van der Waals surface area contributed by atoms with Gasteiger partial charge >= 0.3 is 0 Å². The van der Waals surface area contributed by atoms with Crippen molar-refractivity contribution in [3.63, 3.8) is 0 Å². The first kappa shape index (κ1) is 23.6.